The molecule has 2 heterocycles. The molecule has 1 unspecified atom stereocenters. The minimum absolute atomic E-state index is 0.252. The molecular weight excluding hydrogens is 488 g/mol. The Hall–Kier alpha value is -3.88. The van der Waals surface area contributed by atoms with E-state index >= 15 is 0 Å². The third-order valence-electron chi connectivity index (χ3n) is 6.88. The molecule has 0 saturated carbocycles. The number of amides is 2. The molecule has 37 heavy (non-hydrogen) atoms. The van der Waals surface area contributed by atoms with E-state index in [-0.39, 0.29) is 11.8 Å². The lowest BCUT2D eigenvalue weighted by Gasteiger charge is -2.62. The lowest BCUT2D eigenvalue weighted by molar-refractivity contribution is -0.174. The third-order valence-corrected chi connectivity index (χ3v) is 8.18. The van der Waals surface area contributed by atoms with E-state index in [1.807, 2.05) is 96.5 Å². The molecule has 0 aliphatic carbocycles. The van der Waals surface area contributed by atoms with E-state index in [0.717, 1.165) is 16.7 Å². The fraction of sp³-hybridized carbons (Fsp3) is 0.207. The lowest BCUT2D eigenvalue weighted by atomic mass is 9.59. The number of fused-ring (bicyclic) bond motifs is 1. The highest BCUT2D eigenvalue weighted by atomic mass is 32.2. The monoisotopic (exact) mass is 514 g/mol. The van der Waals surface area contributed by atoms with Gasteiger partial charge in [-0.05, 0) is 27.7 Å². The van der Waals surface area contributed by atoms with Gasteiger partial charge in [0.1, 0.15) is 10.8 Å². The Balaban J connectivity index is 1.69. The first-order chi connectivity index (χ1) is 18.0. The molecular formula is C29H26N2O5S. The quantitative estimate of drug-likeness (QED) is 0.386. The number of rotatable bonds is 6. The number of benzene rings is 3. The van der Waals surface area contributed by atoms with Crippen LogP contribution in [0, 0.1) is 0 Å². The van der Waals surface area contributed by atoms with E-state index in [9.17, 15) is 19.5 Å². The number of hydrogen-bond acceptors (Lipinski definition) is 6. The van der Waals surface area contributed by atoms with Gasteiger partial charge in [-0.3, -0.25) is 9.59 Å². The first-order valence-corrected chi connectivity index (χ1v) is 12.8. The lowest BCUT2D eigenvalue weighted by Crippen LogP contribution is -2.76. The Bertz CT molecular complexity index is 1290. The fourth-order valence-electron chi connectivity index (χ4n) is 5.39. The van der Waals surface area contributed by atoms with Crippen LogP contribution in [0.25, 0.3) is 0 Å². The van der Waals surface area contributed by atoms with Crippen molar-refractivity contribution in [1.29, 1.82) is 0 Å². The predicted molar refractivity (Wildman–Crippen MR) is 140 cm³/mol. The maximum absolute atomic E-state index is 14.5. The summed E-state index contributed by atoms with van der Waals surface area (Å²) >= 11 is 1.40. The molecule has 1 fully saturated rings. The van der Waals surface area contributed by atoms with Gasteiger partial charge in [-0.25, -0.2) is 4.79 Å². The van der Waals surface area contributed by atoms with E-state index in [4.69, 9.17) is 4.84 Å². The highest BCUT2D eigenvalue weighted by Crippen LogP contribution is 2.60. The normalized spacial score (nSPS) is 22.5. The van der Waals surface area contributed by atoms with Crippen molar-refractivity contribution in [2.75, 3.05) is 6.61 Å². The summed E-state index contributed by atoms with van der Waals surface area (Å²) in [6.07, 6.45) is 0. The second-order valence-electron chi connectivity index (χ2n) is 9.02. The molecule has 7 nitrogen and oxygen atoms in total. The van der Waals surface area contributed by atoms with Crippen molar-refractivity contribution >= 4 is 29.5 Å². The highest BCUT2D eigenvalue weighted by molar-refractivity contribution is 8.03. The molecule has 8 heteroatoms. The minimum atomic E-state index is -1.15. The molecule has 0 aromatic heterocycles. The van der Waals surface area contributed by atoms with Crippen LogP contribution >= 0.6 is 11.8 Å². The summed E-state index contributed by atoms with van der Waals surface area (Å²) in [6.45, 7) is 0.789. The summed E-state index contributed by atoms with van der Waals surface area (Å²) in [6, 6.07) is 28.2. The summed E-state index contributed by atoms with van der Waals surface area (Å²) in [5.74, 6) is -1.98. The average Bonchev–Trinajstić information content (AvgIpc) is 2.94. The maximum atomic E-state index is 14.5. The van der Waals surface area contributed by atoms with Gasteiger partial charge in [-0.15, -0.1) is 11.8 Å². The molecule has 3 aromatic carbocycles. The van der Waals surface area contributed by atoms with Crippen LogP contribution in [0.15, 0.2) is 102 Å². The van der Waals surface area contributed by atoms with Crippen LogP contribution in [0.5, 0.6) is 0 Å². The van der Waals surface area contributed by atoms with Gasteiger partial charge < -0.3 is 14.8 Å². The number of nitrogens with zero attached hydrogens (tertiary/aromatic N) is 1. The largest absolute Gasteiger partial charge is 0.392 e. The Morgan fingerprint density at radius 2 is 1.51 bits per heavy atom. The van der Waals surface area contributed by atoms with Gasteiger partial charge in [0.25, 0.3) is 0 Å². The Morgan fingerprint density at radius 3 is 2.03 bits per heavy atom. The number of carbonyl (C=O) groups is 3. The summed E-state index contributed by atoms with van der Waals surface area (Å²) in [4.78, 5) is 45.4. The number of β-lactam (4-membered cyclic amide) rings is 1. The molecule has 1 saturated heterocycles. The molecule has 3 atom stereocenters. The van der Waals surface area contributed by atoms with Crippen molar-refractivity contribution in [2.24, 2.45) is 0 Å². The summed E-state index contributed by atoms with van der Waals surface area (Å²) in [7, 11) is 0. The van der Waals surface area contributed by atoms with E-state index in [1.165, 1.54) is 23.6 Å². The summed E-state index contributed by atoms with van der Waals surface area (Å²) in [5.41, 5.74) is 4.12. The molecule has 0 radical (unpaired) electrons. The minimum Gasteiger partial charge on any atom is -0.392 e. The molecule has 2 aliphatic heterocycles. The van der Waals surface area contributed by atoms with Crippen molar-refractivity contribution < 1.29 is 24.3 Å². The average molecular weight is 515 g/mol. The highest BCUT2D eigenvalue weighted by Gasteiger charge is 2.69. The summed E-state index contributed by atoms with van der Waals surface area (Å²) in [5, 5.41) is 11.3. The van der Waals surface area contributed by atoms with E-state index in [1.54, 1.807) is 5.41 Å². The number of hydrogen-bond donors (Lipinski definition) is 2. The SMILES string of the molecule is CC(=O)NOC(=O)C1C(CO)=CS[C@@H]2N1C(=O)[C@]2(c1ccccc1)C(c1ccccc1)c1ccccc1. The van der Waals surface area contributed by atoms with Crippen LogP contribution in [0.1, 0.15) is 29.5 Å². The van der Waals surface area contributed by atoms with Crippen LogP contribution in [-0.4, -0.2) is 45.8 Å². The van der Waals surface area contributed by atoms with Crippen molar-refractivity contribution in [3.8, 4) is 0 Å². The van der Waals surface area contributed by atoms with Gasteiger partial charge in [-0.2, -0.15) is 5.48 Å². The maximum Gasteiger partial charge on any atom is 0.358 e. The van der Waals surface area contributed by atoms with Gasteiger partial charge in [0, 0.05) is 12.8 Å². The fourth-order valence-corrected chi connectivity index (χ4v) is 6.83. The standard InChI is InChI=1S/C29H26N2O5S/c1-19(33)30-36-26(34)25-22(17-32)18-37-28-29(27(35)31(25)28,23-15-9-4-10-16-23)24(20-11-5-2-6-12-20)21-13-7-3-8-14-21/h2-16,18,24-25,28,32H,17H2,1H3,(H,30,33)/t25?,28-,29-/m0/s1. The zero-order valence-electron chi connectivity index (χ0n) is 20.1. The van der Waals surface area contributed by atoms with Crippen LogP contribution in [0.4, 0.5) is 0 Å². The third kappa shape index (κ3) is 4.12. The molecule has 2 N–H and O–H groups in total. The Labute approximate surface area is 219 Å². The van der Waals surface area contributed by atoms with E-state index in [0.29, 0.717) is 5.57 Å². The van der Waals surface area contributed by atoms with E-state index in [2.05, 4.69) is 0 Å². The van der Waals surface area contributed by atoms with Crippen LogP contribution < -0.4 is 5.48 Å². The van der Waals surface area contributed by atoms with Gasteiger partial charge >= 0.3 is 5.97 Å². The number of aliphatic hydroxyl groups is 1. The Morgan fingerprint density at radius 1 is 0.973 bits per heavy atom. The zero-order valence-corrected chi connectivity index (χ0v) is 20.9. The number of carbonyl (C=O) groups excluding carboxylic acids is 3. The molecule has 188 valence electrons. The van der Waals surface area contributed by atoms with Gasteiger partial charge in [0.15, 0.2) is 6.04 Å². The van der Waals surface area contributed by atoms with Crippen molar-refractivity contribution in [3.63, 3.8) is 0 Å². The van der Waals surface area contributed by atoms with Crippen molar-refractivity contribution in [1.82, 2.24) is 10.4 Å². The molecule has 2 amide bonds. The first-order valence-electron chi connectivity index (χ1n) is 11.9. The van der Waals surface area contributed by atoms with Crippen LogP contribution in [0.3, 0.4) is 0 Å². The molecule has 3 aromatic rings. The molecule has 5 rings (SSSR count). The van der Waals surface area contributed by atoms with E-state index < -0.39 is 35.3 Å². The number of aliphatic hydroxyl groups excluding tert-OH is 1. The first kappa shape index (κ1) is 24.8. The number of nitrogens with one attached hydrogen (secondary N) is 1. The Kier molecular flexibility index (Phi) is 6.86. The van der Waals surface area contributed by atoms with Crippen molar-refractivity contribution in [3.05, 3.63) is 119 Å². The molecule has 0 spiro atoms. The molecule has 2 aliphatic rings. The zero-order chi connectivity index (χ0) is 26.0. The van der Waals surface area contributed by atoms with Gasteiger partial charge in [0.05, 0.1) is 6.61 Å². The smallest absolute Gasteiger partial charge is 0.358 e. The number of hydroxylamine groups is 1. The second-order valence-corrected chi connectivity index (χ2v) is 9.98. The topological polar surface area (TPSA) is 95.9 Å². The van der Waals surface area contributed by atoms with Gasteiger partial charge in [-0.1, -0.05) is 91.0 Å². The second kappa shape index (κ2) is 10.2. The van der Waals surface area contributed by atoms with Crippen LogP contribution in [-0.2, 0) is 24.6 Å². The van der Waals surface area contributed by atoms with Crippen molar-refractivity contribution in [2.45, 2.75) is 29.7 Å². The summed E-state index contributed by atoms with van der Waals surface area (Å²) < 4.78 is 0. The van der Waals surface area contributed by atoms with Crippen LogP contribution in [0.2, 0.25) is 0 Å². The number of thioether (sulfide) groups is 1. The predicted octanol–water partition coefficient (Wildman–Crippen LogP) is 3.51. The van der Waals surface area contributed by atoms with Gasteiger partial charge in [0.2, 0.25) is 11.8 Å². The molecule has 0 bridgehead atoms.